The highest BCUT2D eigenvalue weighted by Gasteiger charge is 2.15. The Balaban J connectivity index is 2.23. The van der Waals surface area contributed by atoms with Crippen molar-refractivity contribution in [1.29, 1.82) is 0 Å². The lowest BCUT2D eigenvalue weighted by Gasteiger charge is -2.21. The topological polar surface area (TPSA) is 71.2 Å². The molecule has 0 aliphatic rings. The van der Waals surface area contributed by atoms with Crippen LogP contribution in [0.5, 0.6) is 0 Å². The molecule has 106 valence electrons. The fourth-order valence-electron chi connectivity index (χ4n) is 2.01. The van der Waals surface area contributed by atoms with Crippen LogP contribution in [0.3, 0.4) is 0 Å². The first-order chi connectivity index (χ1) is 9.76. The third-order valence-corrected chi connectivity index (χ3v) is 2.93. The first-order valence-electron chi connectivity index (χ1n) is 6.61. The molecule has 0 fully saturated rings. The Labute approximate surface area is 117 Å². The lowest BCUT2D eigenvalue weighted by atomic mass is 10.1. The van der Waals surface area contributed by atoms with Crippen molar-refractivity contribution in [3.05, 3.63) is 42.5 Å². The summed E-state index contributed by atoms with van der Waals surface area (Å²) in [4.78, 5) is 18.0. The van der Waals surface area contributed by atoms with Gasteiger partial charge in [-0.05, 0) is 24.6 Å². The van der Waals surface area contributed by atoms with Crippen molar-refractivity contribution in [3.63, 3.8) is 0 Å². The SMILES string of the molecule is CCCN(CCO)C(=O)c1cccc(-n2cncn2)c1. The average molecular weight is 274 g/mol. The van der Waals surface area contributed by atoms with Crippen LogP contribution in [0, 0.1) is 0 Å². The summed E-state index contributed by atoms with van der Waals surface area (Å²) in [5.41, 5.74) is 1.37. The van der Waals surface area contributed by atoms with E-state index in [9.17, 15) is 4.79 Å². The van der Waals surface area contributed by atoms with Crippen molar-refractivity contribution in [2.75, 3.05) is 19.7 Å². The molecule has 0 saturated heterocycles. The van der Waals surface area contributed by atoms with Crippen LogP contribution in [-0.2, 0) is 0 Å². The molecule has 6 nitrogen and oxygen atoms in total. The molecule has 0 aliphatic carbocycles. The Morgan fingerprint density at radius 1 is 1.40 bits per heavy atom. The van der Waals surface area contributed by atoms with Crippen LogP contribution in [0.2, 0.25) is 0 Å². The van der Waals surface area contributed by atoms with Gasteiger partial charge >= 0.3 is 0 Å². The molecule has 0 atom stereocenters. The van der Waals surface area contributed by atoms with E-state index in [4.69, 9.17) is 5.11 Å². The first kappa shape index (κ1) is 14.2. The minimum absolute atomic E-state index is 0.0332. The van der Waals surface area contributed by atoms with Gasteiger partial charge in [0.05, 0.1) is 12.3 Å². The molecule has 1 aromatic carbocycles. The van der Waals surface area contributed by atoms with Crippen LogP contribution in [0.4, 0.5) is 0 Å². The second kappa shape index (κ2) is 6.81. The van der Waals surface area contributed by atoms with Gasteiger partial charge in [-0.3, -0.25) is 4.79 Å². The van der Waals surface area contributed by atoms with Gasteiger partial charge in [-0.1, -0.05) is 13.0 Å². The normalized spacial score (nSPS) is 10.5. The van der Waals surface area contributed by atoms with Gasteiger partial charge in [0.25, 0.3) is 5.91 Å². The van der Waals surface area contributed by atoms with Gasteiger partial charge in [-0.2, -0.15) is 5.10 Å². The van der Waals surface area contributed by atoms with Crippen LogP contribution in [-0.4, -0.2) is 50.4 Å². The number of amides is 1. The molecule has 20 heavy (non-hydrogen) atoms. The number of rotatable bonds is 6. The zero-order chi connectivity index (χ0) is 14.4. The predicted molar refractivity (Wildman–Crippen MR) is 74.6 cm³/mol. The number of aromatic nitrogens is 3. The van der Waals surface area contributed by atoms with E-state index in [0.717, 1.165) is 12.1 Å². The van der Waals surface area contributed by atoms with Gasteiger partial charge in [0.1, 0.15) is 12.7 Å². The van der Waals surface area contributed by atoms with E-state index in [1.165, 1.54) is 6.33 Å². The Hall–Kier alpha value is -2.21. The summed E-state index contributed by atoms with van der Waals surface area (Å²) in [7, 11) is 0. The van der Waals surface area contributed by atoms with Crippen LogP contribution >= 0.6 is 0 Å². The first-order valence-corrected chi connectivity index (χ1v) is 6.61. The van der Waals surface area contributed by atoms with Crippen molar-refractivity contribution in [2.24, 2.45) is 0 Å². The van der Waals surface area contributed by atoms with E-state index in [1.54, 1.807) is 28.0 Å². The lowest BCUT2D eigenvalue weighted by molar-refractivity contribution is 0.0722. The van der Waals surface area contributed by atoms with E-state index in [0.29, 0.717) is 18.7 Å². The summed E-state index contributed by atoms with van der Waals surface area (Å²) in [5, 5.41) is 13.1. The molecule has 1 aromatic heterocycles. The third-order valence-electron chi connectivity index (χ3n) is 2.93. The van der Waals surface area contributed by atoms with E-state index >= 15 is 0 Å². The Kier molecular flexibility index (Phi) is 4.84. The molecule has 0 aliphatic heterocycles. The standard InChI is InChI=1S/C14H18N4O2/c1-2-6-17(7-8-19)14(20)12-4-3-5-13(9-12)18-11-15-10-16-18/h3-5,9-11,19H,2,6-8H2,1H3. The van der Waals surface area contributed by atoms with Gasteiger partial charge in [0.2, 0.25) is 0 Å². The van der Waals surface area contributed by atoms with Gasteiger partial charge < -0.3 is 10.0 Å². The fourth-order valence-corrected chi connectivity index (χ4v) is 2.01. The van der Waals surface area contributed by atoms with Crippen LogP contribution in [0.15, 0.2) is 36.9 Å². The summed E-state index contributed by atoms with van der Waals surface area (Å²) in [6.45, 7) is 2.95. The number of hydrogen-bond acceptors (Lipinski definition) is 4. The van der Waals surface area contributed by atoms with Crippen molar-refractivity contribution >= 4 is 5.91 Å². The second-order valence-electron chi connectivity index (χ2n) is 4.41. The maximum atomic E-state index is 12.4. The van der Waals surface area contributed by atoms with Crippen molar-refractivity contribution in [1.82, 2.24) is 19.7 Å². The quantitative estimate of drug-likeness (QED) is 0.856. The van der Waals surface area contributed by atoms with E-state index < -0.39 is 0 Å². The molecule has 2 aromatic rings. The molecule has 0 saturated carbocycles. The van der Waals surface area contributed by atoms with E-state index in [1.807, 2.05) is 19.1 Å². The summed E-state index contributed by atoms with van der Waals surface area (Å²) in [6.07, 6.45) is 3.89. The smallest absolute Gasteiger partial charge is 0.254 e. The van der Waals surface area contributed by atoms with Crippen LogP contribution < -0.4 is 0 Å². The number of aliphatic hydroxyl groups is 1. The largest absolute Gasteiger partial charge is 0.395 e. The monoisotopic (exact) mass is 274 g/mol. The van der Waals surface area contributed by atoms with Crippen LogP contribution in [0.25, 0.3) is 5.69 Å². The minimum Gasteiger partial charge on any atom is -0.395 e. The molecule has 1 N–H and O–H groups in total. The van der Waals surface area contributed by atoms with Crippen molar-refractivity contribution < 1.29 is 9.90 Å². The summed E-state index contributed by atoms with van der Waals surface area (Å²) in [6, 6.07) is 7.22. The summed E-state index contributed by atoms with van der Waals surface area (Å²) >= 11 is 0. The average Bonchev–Trinajstić information content (AvgIpc) is 3.01. The number of nitrogens with zero attached hydrogens (tertiary/aromatic N) is 4. The highest BCUT2D eigenvalue weighted by Crippen LogP contribution is 2.11. The number of hydrogen-bond donors (Lipinski definition) is 1. The number of aliphatic hydroxyl groups excluding tert-OH is 1. The Bertz CT molecular complexity index is 548. The van der Waals surface area contributed by atoms with Crippen LogP contribution in [0.1, 0.15) is 23.7 Å². The number of carbonyl (C=O) groups excluding carboxylic acids is 1. The highest BCUT2D eigenvalue weighted by atomic mass is 16.3. The van der Waals surface area contributed by atoms with Gasteiger partial charge in [-0.15, -0.1) is 0 Å². The molecule has 1 amide bonds. The lowest BCUT2D eigenvalue weighted by Crippen LogP contribution is -2.34. The molecular weight excluding hydrogens is 256 g/mol. The summed E-state index contributed by atoms with van der Waals surface area (Å²) < 4.78 is 1.60. The number of benzene rings is 1. The van der Waals surface area contributed by atoms with Crippen molar-refractivity contribution in [3.8, 4) is 5.69 Å². The van der Waals surface area contributed by atoms with E-state index in [-0.39, 0.29) is 12.5 Å². The third kappa shape index (κ3) is 3.21. The van der Waals surface area contributed by atoms with Crippen molar-refractivity contribution in [2.45, 2.75) is 13.3 Å². The zero-order valence-corrected chi connectivity index (χ0v) is 11.4. The Morgan fingerprint density at radius 2 is 2.25 bits per heavy atom. The minimum atomic E-state index is -0.0807. The molecule has 6 heteroatoms. The molecule has 0 spiro atoms. The molecular formula is C14H18N4O2. The number of carbonyl (C=O) groups is 1. The molecule has 0 bridgehead atoms. The zero-order valence-electron chi connectivity index (χ0n) is 11.4. The second-order valence-corrected chi connectivity index (χ2v) is 4.41. The molecule has 1 heterocycles. The van der Waals surface area contributed by atoms with Gasteiger partial charge in [0.15, 0.2) is 0 Å². The molecule has 2 rings (SSSR count). The maximum absolute atomic E-state index is 12.4. The van der Waals surface area contributed by atoms with E-state index in [2.05, 4.69) is 10.1 Å². The highest BCUT2D eigenvalue weighted by molar-refractivity contribution is 5.94. The molecule has 0 radical (unpaired) electrons. The predicted octanol–water partition coefficient (Wildman–Crippen LogP) is 1.11. The molecule has 0 unspecified atom stereocenters. The fraction of sp³-hybridized carbons (Fsp3) is 0.357. The Morgan fingerprint density at radius 3 is 2.90 bits per heavy atom. The van der Waals surface area contributed by atoms with Gasteiger partial charge in [-0.25, -0.2) is 9.67 Å². The van der Waals surface area contributed by atoms with Gasteiger partial charge in [0, 0.05) is 18.7 Å². The maximum Gasteiger partial charge on any atom is 0.254 e. The summed E-state index contributed by atoms with van der Waals surface area (Å²) in [5.74, 6) is -0.0807.